The quantitative estimate of drug-likeness (QED) is 0.666. The minimum Gasteiger partial charge on any atom is -0.465 e. The zero-order valence-corrected chi connectivity index (χ0v) is 15.2. The van der Waals surface area contributed by atoms with Gasteiger partial charge in [-0.25, -0.2) is 14.3 Å². The predicted octanol–water partition coefficient (Wildman–Crippen LogP) is 2.15. The van der Waals surface area contributed by atoms with Crippen molar-refractivity contribution in [2.24, 2.45) is 0 Å². The molecule has 1 aliphatic heterocycles. The van der Waals surface area contributed by atoms with Crippen LogP contribution in [-0.4, -0.2) is 68.6 Å². The third-order valence-corrected chi connectivity index (χ3v) is 4.60. The topological polar surface area (TPSA) is 91.0 Å². The highest BCUT2D eigenvalue weighted by atomic mass is 16.4. The Balaban J connectivity index is 2.00. The van der Waals surface area contributed by atoms with Crippen LogP contribution in [0, 0.1) is 6.92 Å². The number of piperidine rings is 1. The van der Waals surface area contributed by atoms with E-state index in [4.69, 9.17) is 0 Å². The second-order valence-electron chi connectivity index (χ2n) is 6.78. The van der Waals surface area contributed by atoms with Gasteiger partial charge in [0.2, 0.25) is 0 Å². The molecule has 1 aliphatic rings. The number of likely N-dealkylation sites (tertiary alicyclic amines) is 1. The van der Waals surface area contributed by atoms with Crippen LogP contribution >= 0.6 is 0 Å². The smallest absolute Gasteiger partial charge is 0.407 e. The Morgan fingerprint density at radius 2 is 2.15 bits per heavy atom. The SMILES string of the molecule is Cc1nn2c(C3CCCN(C(=O)O)C3)ccnc2c1C(=O)/C=C/N(C)C. The number of carbonyl (C=O) groups is 2. The Morgan fingerprint density at radius 3 is 2.85 bits per heavy atom. The Morgan fingerprint density at radius 1 is 1.38 bits per heavy atom. The second kappa shape index (κ2) is 7.15. The van der Waals surface area contributed by atoms with E-state index in [-0.39, 0.29) is 11.7 Å². The van der Waals surface area contributed by atoms with E-state index < -0.39 is 6.09 Å². The van der Waals surface area contributed by atoms with E-state index in [1.54, 1.807) is 28.7 Å². The van der Waals surface area contributed by atoms with Gasteiger partial charge in [0.05, 0.1) is 17.0 Å². The second-order valence-corrected chi connectivity index (χ2v) is 6.78. The molecule has 0 spiro atoms. The Hall–Kier alpha value is -2.90. The number of carboxylic acid groups (broad SMARTS) is 1. The first-order valence-electron chi connectivity index (χ1n) is 8.59. The van der Waals surface area contributed by atoms with Gasteiger partial charge in [-0.05, 0) is 25.8 Å². The van der Waals surface area contributed by atoms with Crippen molar-refractivity contribution >= 4 is 17.5 Å². The van der Waals surface area contributed by atoms with Gasteiger partial charge in [-0.15, -0.1) is 0 Å². The molecule has 1 atom stereocenters. The van der Waals surface area contributed by atoms with Gasteiger partial charge in [0.15, 0.2) is 11.4 Å². The Kier molecular flexibility index (Phi) is 4.92. The molecule has 1 unspecified atom stereocenters. The summed E-state index contributed by atoms with van der Waals surface area (Å²) in [6.07, 6.45) is 5.65. The van der Waals surface area contributed by atoms with Crippen LogP contribution < -0.4 is 0 Å². The van der Waals surface area contributed by atoms with Crippen molar-refractivity contribution in [3.8, 4) is 0 Å². The molecule has 3 rings (SSSR count). The molecule has 2 aromatic heterocycles. The molecule has 1 fully saturated rings. The number of aromatic nitrogens is 3. The summed E-state index contributed by atoms with van der Waals surface area (Å²) in [7, 11) is 3.70. The molecule has 8 nitrogen and oxygen atoms in total. The molecule has 26 heavy (non-hydrogen) atoms. The van der Waals surface area contributed by atoms with Gasteiger partial charge in [-0.1, -0.05) is 0 Å². The van der Waals surface area contributed by atoms with Crippen LogP contribution in [0.4, 0.5) is 4.79 Å². The van der Waals surface area contributed by atoms with E-state index in [0.29, 0.717) is 30.0 Å². The van der Waals surface area contributed by atoms with Crippen LogP contribution in [0.1, 0.15) is 40.5 Å². The van der Waals surface area contributed by atoms with E-state index in [2.05, 4.69) is 10.1 Å². The molecular formula is C18H23N5O3. The molecule has 138 valence electrons. The van der Waals surface area contributed by atoms with E-state index >= 15 is 0 Å². The van der Waals surface area contributed by atoms with Gasteiger partial charge in [-0.3, -0.25) is 4.79 Å². The minimum absolute atomic E-state index is 0.0323. The van der Waals surface area contributed by atoms with Crippen LogP contribution in [0.3, 0.4) is 0 Å². The van der Waals surface area contributed by atoms with E-state index in [1.807, 2.05) is 20.2 Å². The molecule has 3 heterocycles. The molecular weight excluding hydrogens is 334 g/mol. The van der Waals surface area contributed by atoms with Crippen molar-refractivity contribution < 1.29 is 14.7 Å². The number of hydrogen-bond acceptors (Lipinski definition) is 5. The summed E-state index contributed by atoms with van der Waals surface area (Å²) in [6.45, 7) is 2.77. The third kappa shape index (κ3) is 3.40. The van der Waals surface area contributed by atoms with Crippen LogP contribution in [0.5, 0.6) is 0 Å². The molecule has 0 aliphatic carbocycles. The monoisotopic (exact) mass is 357 g/mol. The highest BCUT2D eigenvalue weighted by Gasteiger charge is 2.27. The Labute approximate surface area is 151 Å². The highest BCUT2D eigenvalue weighted by molar-refractivity contribution is 6.09. The van der Waals surface area contributed by atoms with Gasteiger partial charge >= 0.3 is 6.09 Å². The number of ketones is 1. The summed E-state index contributed by atoms with van der Waals surface area (Å²) < 4.78 is 1.70. The number of aryl methyl sites for hydroxylation is 1. The number of hydrogen-bond donors (Lipinski definition) is 1. The van der Waals surface area contributed by atoms with Crippen LogP contribution in [0.2, 0.25) is 0 Å². The summed E-state index contributed by atoms with van der Waals surface area (Å²) in [6, 6.07) is 1.86. The van der Waals surface area contributed by atoms with Crippen molar-refractivity contribution in [2.75, 3.05) is 27.2 Å². The van der Waals surface area contributed by atoms with Crippen LogP contribution in [-0.2, 0) is 0 Å². The fraction of sp³-hybridized carbons (Fsp3) is 0.444. The minimum atomic E-state index is -0.902. The lowest BCUT2D eigenvalue weighted by Crippen LogP contribution is -2.38. The summed E-state index contributed by atoms with van der Waals surface area (Å²) in [5.41, 5.74) is 2.50. The first-order chi connectivity index (χ1) is 12.4. The molecule has 8 heteroatoms. The number of carbonyl (C=O) groups excluding carboxylic acids is 1. The highest BCUT2D eigenvalue weighted by Crippen LogP contribution is 2.28. The van der Waals surface area contributed by atoms with Crippen LogP contribution in [0.25, 0.3) is 5.65 Å². The first kappa shape index (κ1) is 17.9. The third-order valence-electron chi connectivity index (χ3n) is 4.60. The van der Waals surface area contributed by atoms with Crippen LogP contribution in [0.15, 0.2) is 24.5 Å². The molecule has 1 N–H and O–H groups in total. The molecule has 0 radical (unpaired) electrons. The van der Waals surface area contributed by atoms with E-state index in [0.717, 1.165) is 18.5 Å². The van der Waals surface area contributed by atoms with Crippen molar-refractivity contribution in [3.63, 3.8) is 0 Å². The van der Waals surface area contributed by atoms with Gasteiger partial charge in [-0.2, -0.15) is 5.10 Å². The molecule has 1 amide bonds. The van der Waals surface area contributed by atoms with Crippen molar-refractivity contribution in [1.29, 1.82) is 0 Å². The van der Waals surface area contributed by atoms with E-state index in [1.165, 1.54) is 11.0 Å². The molecule has 2 aromatic rings. The number of fused-ring (bicyclic) bond motifs is 1. The summed E-state index contributed by atoms with van der Waals surface area (Å²) in [4.78, 5) is 31.5. The largest absolute Gasteiger partial charge is 0.465 e. The van der Waals surface area contributed by atoms with Crippen molar-refractivity contribution in [2.45, 2.75) is 25.7 Å². The lowest BCUT2D eigenvalue weighted by atomic mass is 9.94. The average Bonchev–Trinajstić information content (AvgIpc) is 2.95. The van der Waals surface area contributed by atoms with E-state index in [9.17, 15) is 14.7 Å². The fourth-order valence-corrected chi connectivity index (χ4v) is 3.36. The number of allylic oxidation sites excluding steroid dienone is 1. The van der Waals surface area contributed by atoms with Gasteiger partial charge in [0.25, 0.3) is 0 Å². The number of amides is 1. The lowest BCUT2D eigenvalue weighted by Gasteiger charge is -2.30. The normalized spacial score (nSPS) is 17.8. The average molecular weight is 357 g/mol. The maximum atomic E-state index is 12.6. The lowest BCUT2D eigenvalue weighted by molar-refractivity contribution is 0.104. The van der Waals surface area contributed by atoms with Gasteiger partial charge < -0.3 is 14.9 Å². The standard InChI is InChI=1S/C18H23N5O3/c1-12-16(15(24)7-10-21(2)3)17-19-8-6-14(23(17)20-12)13-5-4-9-22(11-13)18(25)26/h6-8,10,13H,4-5,9,11H2,1-3H3,(H,25,26)/b10-7+. The van der Waals surface area contributed by atoms with Gasteiger partial charge in [0.1, 0.15) is 0 Å². The van der Waals surface area contributed by atoms with Crippen molar-refractivity contribution in [3.05, 3.63) is 41.5 Å². The molecule has 1 saturated heterocycles. The maximum Gasteiger partial charge on any atom is 0.407 e. The number of nitrogens with zero attached hydrogens (tertiary/aromatic N) is 5. The van der Waals surface area contributed by atoms with Gasteiger partial charge in [0, 0.05) is 51.6 Å². The maximum absolute atomic E-state index is 12.6. The van der Waals surface area contributed by atoms with Crippen molar-refractivity contribution in [1.82, 2.24) is 24.4 Å². The Bertz CT molecular complexity index is 871. The zero-order chi connectivity index (χ0) is 18.8. The summed E-state index contributed by atoms with van der Waals surface area (Å²) >= 11 is 0. The number of rotatable bonds is 4. The molecule has 0 aromatic carbocycles. The molecule has 0 bridgehead atoms. The predicted molar refractivity (Wildman–Crippen MR) is 96.5 cm³/mol. The molecule has 0 saturated carbocycles. The summed E-state index contributed by atoms with van der Waals surface area (Å²) in [5.74, 6) is -0.114. The summed E-state index contributed by atoms with van der Waals surface area (Å²) in [5, 5.41) is 13.8. The first-order valence-corrected chi connectivity index (χ1v) is 8.59. The fourth-order valence-electron chi connectivity index (χ4n) is 3.36. The zero-order valence-electron chi connectivity index (χ0n) is 15.2.